The van der Waals surface area contributed by atoms with Crippen LogP contribution < -0.4 is 20.7 Å². The summed E-state index contributed by atoms with van der Waals surface area (Å²) >= 11 is 0. The van der Waals surface area contributed by atoms with Gasteiger partial charge in [-0.3, -0.25) is 9.36 Å². The third-order valence-corrected chi connectivity index (χ3v) is 2.81. The molecule has 1 N–H and O–H groups in total. The number of fused-ring (bicyclic) bond motifs is 1. The highest BCUT2D eigenvalue weighted by Crippen LogP contribution is 2.31. The number of benzene rings is 1. The van der Waals surface area contributed by atoms with Crippen LogP contribution in [-0.2, 0) is 6.54 Å². The predicted octanol–water partition coefficient (Wildman–Crippen LogP) is 0.727. The standard InChI is InChI=1S/C12H14N2O4/c1-4-14-11(15)9-7(13-12(14)16)5-6-8(17-2)10(9)18-3/h5-6H,4H2,1-3H3,(H,13,16). The lowest BCUT2D eigenvalue weighted by atomic mass is 10.2. The molecule has 1 aromatic heterocycles. The molecule has 0 atom stereocenters. The van der Waals surface area contributed by atoms with Gasteiger partial charge in [-0.15, -0.1) is 0 Å². The summed E-state index contributed by atoms with van der Waals surface area (Å²) in [6, 6.07) is 3.27. The minimum atomic E-state index is -0.429. The van der Waals surface area contributed by atoms with E-state index in [1.165, 1.54) is 14.2 Å². The number of ether oxygens (including phenoxy) is 2. The van der Waals surface area contributed by atoms with Crippen molar-refractivity contribution in [1.82, 2.24) is 9.55 Å². The summed E-state index contributed by atoms with van der Waals surface area (Å²) in [5.41, 5.74) is -0.374. The van der Waals surface area contributed by atoms with Crippen molar-refractivity contribution >= 4 is 10.9 Å². The molecule has 2 rings (SSSR count). The molecule has 0 radical (unpaired) electrons. The van der Waals surface area contributed by atoms with Crippen LogP contribution in [0, 0.1) is 0 Å². The maximum atomic E-state index is 12.2. The van der Waals surface area contributed by atoms with E-state index in [4.69, 9.17) is 9.47 Å². The quantitative estimate of drug-likeness (QED) is 0.871. The lowest BCUT2D eigenvalue weighted by Crippen LogP contribution is -2.34. The van der Waals surface area contributed by atoms with Crippen LogP contribution in [0.5, 0.6) is 11.5 Å². The summed E-state index contributed by atoms with van der Waals surface area (Å²) in [4.78, 5) is 26.6. The molecule has 0 saturated carbocycles. The van der Waals surface area contributed by atoms with E-state index in [0.29, 0.717) is 28.9 Å². The highest BCUT2D eigenvalue weighted by molar-refractivity contribution is 5.86. The molecule has 2 aromatic rings. The first kappa shape index (κ1) is 12.2. The Labute approximate surface area is 103 Å². The molecule has 0 amide bonds. The lowest BCUT2D eigenvalue weighted by molar-refractivity contribution is 0.358. The summed E-state index contributed by atoms with van der Waals surface area (Å²) in [5, 5.41) is 0.318. The van der Waals surface area contributed by atoms with E-state index < -0.39 is 5.69 Å². The van der Waals surface area contributed by atoms with Gasteiger partial charge in [-0.05, 0) is 19.1 Å². The molecule has 0 bridgehead atoms. The highest BCUT2D eigenvalue weighted by atomic mass is 16.5. The van der Waals surface area contributed by atoms with E-state index >= 15 is 0 Å². The molecule has 6 heteroatoms. The Bertz CT molecular complexity index is 700. The van der Waals surface area contributed by atoms with E-state index in [2.05, 4.69) is 4.98 Å². The monoisotopic (exact) mass is 250 g/mol. The van der Waals surface area contributed by atoms with E-state index in [1.807, 2.05) is 0 Å². The van der Waals surface area contributed by atoms with Crippen LogP contribution in [0.1, 0.15) is 6.92 Å². The number of aromatic amines is 1. The number of nitrogens with zero attached hydrogens (tertiary/aromatic N) is 1. The Morgan fingerprint density at radius 3 is 2.50 bits per heavy atom. The third-order valence-electron chi connectivity index (χ3n) is 2.81. The molecule has 18 heavy (non-hydrogen) atoms. The van der Waals surface area contributed by atoms with Crippen molar-refractivity contribution in [2.45, 2.75) is 13.5 Å². The van der Waals surface area contributed by atoms with Crippen LogP contribution in [0.4, 0.5) is 0 Å². The van der Waals surface area contributed by atoms with E-state index in [0.717, 1.165) is 4.57 Å². The fraction of sp³-hybridized carbons (Fsp3) is 0.333. The van der Waals surface area contributed by atoms with Crippen molar-refractivity contribution in [2.24, 2.45) is 0 Å². The number of aromatic nitrogens is 2. The van der Waals surface area contributed by atoms with Crippen molar-refractivity contribution < 1.29 is 9.47 Å². The van der Waals surface area contributed by atoms with Crippen LogP contribution in [-0.4, -0.2) is 23.8 Å². The van der Waals surface area contributed by atoms with Gasteiger partial charge >= 0.3 is 5.69 Å². The molecule has 0 unspecified atom stereocenters. The molecular weight excluding hydrogens is 236 g/mol. The number of hydrogen-bond donors (Lipinski definition) is 1. The summed E-state index contributed by atoms with van der Waals surface area (Å²) in [6.45, 7) is 2.03. The van der Waals surface area contributed by atoms with Gasteiger partial charge in [0.2, 0.25) is 0 Å². The van der Waals surface area contributed by atoms with Crippen LogP contribution in [0.15, 0.2) is 21.7 Å². The van der Waals surface area contributed by atoms with Gasteiger partial charge in [0, 0.05) is 6.54 Å². The minimum Gasteiger partial charge on any atom is -0.493 e. The lowest BCUT2D eigenvalue weighted by Gasteiger charge is -2.11. The second-order valence-electron chi connectivity index (χ2n) is 3.70. The number of methoxy groups -OCH3 is 2. The summed E-state index contributed by atoms with van der Waals surface area (Å²) in [7, 11) is 2.95. The van der Waals surface area contributed by atoms with Crippen molar-refractivity contribution in [3.05, 3.63) is 33.0 Å². The van der Waals surface area contributed by atoms with Gasteiger partial charge in [0.15, 0.2) is 11.5 Å². The van der Waals surface area contributed by atoms with E-state index in [9.17, 15) is 9.59 Å². The summed E-state index contributed by atoms with van der Waals surface area (Å²) in [5.74, 6) is 0.787. The van der Waals surface area contributed by atoms with Crippen LogP contribution in [0.25, 0.3) is 10.9 Å². The summed E-state index contributed by atoms with van der Waals surface area (Å²) in [6.07, 6.45) is 0. The molecular formula is C12H14N2O4. The van der Waals surface area contributed by atoms with Crippen molar-refractivity contribution in [1.29, 1.82) is 0 Å². The fourth-order valence-electron chi connectivity index (χ4n) is 1.94. The van der Waals surface area contributed by atoms with Gasteiger partial charge < -0.3 is 14.5 Å². The first-order chi connectivity index (χ1) is 8.63. The average molecular weight is 250 g/mol. The molecule has 0 aliphatic heterocycles. The van der Waals surface area contributed by atoms with Gasteiger partial charge in [0.1, 0.15) is 5.39 Å². The van der Waals surface area contributed by atoms with Gasteiger partial charge in [0.05, 0.1) is 19.7 Å². The zero-order valence-corrected chi connectivity index (χ0v) is 10.4. The maximum Gasteiger partial charge on any atom is 0.328 e. The first-order valence-electron chi connectivity index (χ1n) is 5.51. The van der Waals surface area contributed by atoms with E-state index in [-0.39, 0.29) is 5.56 Å². The second-order valence-corrected chi connectivity index (χ2v) is 3.70. The molecule has 96 valence electrons. The normalized spacial score (nSPS) is 10.6. The third kappa shape index (κ3) is 1.66. The SMILES string of the molecule is CCn1c(=O)[nH]c2ccc(OC)c(OC)c2c1=O. The smallest absolute Gasteiger partial charge is 0.328 e. The molecule has 6 nitrogen and oxygen atoms in total. The number of nitrogens with one attached hydrogen (secondary N) is 1. The van der Waals surface area contributed by atoms with Crippen molar-refractivity contribution in [2.75, 3.05) is 14.2 Å². The molecule has 0 fully saturated rings. The number of H-pyrrole nitrogens is 1. The maximum absolute atomic E-state index is 12.2. The largest absolute Gasteiger partial charge is 0.493 e. The van der Waals surface area contributed by atoms with Crippen molar-refractivity contribution in [3.63, 3.8) is 0 Å². The fourth-order valence-corrected chi connectivity index (χ4v) is 1.94. The topological polar surface area (TPSA) is 73.3 Å². The van der Waals surface area contributed by atoms with Gasteiger partial charge in [-0.25, -0.2) is 4.79 Å². The molecule has 1 heterocycles. The first-order valence-corrected chi connectivity index (χ1v) is 5.51. The van der Waals surface area contributed by atoms with Crippen molar-refractivity contribution in [3.8, 4) is 11.5 Å². The second kappa shape index (κ2) is 4.56. The molecule has 0 aliphatic carbocycles. The molecule has 0 aliphatic rings. The van der Waals surface area contributed by atoms with Crippen LogP contribution in [0.3, 0.4) is 0 Å². The molecule has 0 spiro atoms. The Kier molecular flexibility index (Phi) is 3.10. The highest BCUT2D eigenvalue weighted by Gasteiger charge is 2.15. The Morgan fingerprint density at radius 2 is 1.94 bits per heavy atom. The van der Waals surface area contributed by atoms with Gasteiger partial charge in [0.25, 0.3) is 5.56 Å². The number of hydrogen-bond acceptors (Lipinski definition) is 4. The average Bonchev–Trinajstić information content (AvgIpc) is 2.37. The Morgan fingerprint density at radius 1 is 1.22 bits per heavy atom. The van der Waals surface area contributed by atoms with Gasteiger partial charge in [-0.1, -0.05) is 0 Å². The van der Waals surface area contributed by atoms with Crippen LogP contribution >= 0.6 is 0 Å². The summed E-state index contributed by atoms with van der Waals surface area (Å²) < 4.78 is 11.5. The van der Waals surface area contributed by atoms with E-state index in [1.54, 1.807) is 19.1 Å². The predicted molar refractivity (Wildman–Crippen MR) is 67.6 cm³/mol. The Balaban J connectivity index is 3.00. The molecule has 1 aromatic carbocycles. The zero-order chi connectivity index (χ0) is 13.3. The molecule has 0 saturated heterocycles. The minimum absolute atomic E-state index is 0.296. The zero-order valence-electron chi connectivity index (χ0n) is 10.4. The van der Waals surface area contributed by atoms with Crippen LogP contribution in [0.2, 0.25) is 0 Å². The Hall–Kier alpha value is -2.24. The number of rotatable bonds is 3. The van der Waals surface area contributed by atoms with Gasteiger partial charge in [-0.2, -0.15) is 0 Å².